The third-order valence-corrected chi connectivity index (χ3v) is 12.0. The minimum Gasteiger partial charge on any atom is -0.203 e. The Morgan fingerprint density at radius 2 is 1.42 bits per heavy atom. The van der Waals surface area contributed by atoms with E-state index in [-0.39, 0.29) is 14.7 Å². The van der Waals surface area contributed by atoms with Crippen LogP contribution < -0.4 is 0 Å². The summed E-state index contributed by atoms with van der Waals surface area (Å²) in [5.74, 6) is 0.856. The average molecular weight is 449 g/mol. The third kappa shape index (κ3) is 7.40. The van der Waals surface area contributed by atoms with Crippen LogP contribution in [0, 0.1) is 23.5 Å². The highest BCUT2D eigenvalue weighted by molar-refractivity contribution is 6.58. The van der Waals surface area contributed by atoms with E-state index >= 15 is 0 Å². The molecule has 0 atom stereocenters. The van der Waals surface area contributed by atoms with Gasteiger partial charge >= 0.3 is 0 Å². The number of halogens is 2. The van der Waals surface area contributed by atoms with E-state index in [1.165, 1.54) is 70.6 Å². The quantitative estimate of drug-likeness (QED) is 0.234. The summed E-state index contributed by atoms with van der Waals surface area (Å²) >= 11 is 0. The molecule has 0 nitrogen and oxygen atoms in total. The number of unbranched alkanes of at least 4 members (excludes halogenated alkanes) is 3. The van der Waals surface area contributed by atoms with Crippen LogP contribution in [0.4, 0.5) is 8.78 Å². The van der Waals surface area contributed by atoms with Crippen LogP contribution in [0.1, 0.15) is 114 Å². The second-order valence-corrected chi connectivity index (χ2v) is 14.1. The van der Waals surface area contributed by atoms with Crippen molar-refractivity contribution in [3.8, 4) is 0 Å². The summed E-state index contributed by atoms with van der Waals surface area (Å²) in [6.45, 7) is 4.19. The van der Waals surface area contributed by atoms with Crippen molar-refractivity contribution >= 4 is 8.80 Å². The van der Waals surface area contributed by atoms with Crippen LogP contribution in [-0.2, 0) is 6.42 Å². The molecular weight excluding hydrogens is 402 g/mol. The monoisotopic (exact) mass is 448 g/mol. The molecule has 1 aliphatic heterocycles. The Hall–Kier alpha value is -0.703. The second-order valence-electron chi connectivity index (χ2n) is 10.7. The topological polar surface area (TPSA) is 0 Å². The summed E-state index contributed by atoms with van der Waals surface area (Å²) < 4.78 is 28.7. The van der Waals surface area contributed by atoms with Gasteiger partial charge in [0.2, 0.25) is 0 Å². The van der Waals surface area contributed by atoms with Crippen LogP contribution >= 0.6 is 0 Å². The lowest BCUT2D eigenvalue weighted by Gasteiger charge is -2.30. The lowest BCUT2D eigenvalue weighted by Crippen LogP contribution is -2.21. The normalized spacial score (nSPS) is 26.8. The van der Waals surface area contributed by atoms with Crippen molar-refractivity contribution in [3.63, 3.8) is 0 Å². The highest BCUT2D eigenvalue weighted by Gasteiger charge is 2.26. The molecule has 0 amide bonds. The number of aryl methyl sites for hydroxylation is 1. The van der Waals surface area contributed by atoms with Gasteiger partial charge in [0.05, 0.1) is 0 Å². The lowest BCUT2D eigenvalue weighted by atomic mass is 9.76. The van der Waals surface area contributed by atoms with E-state index < -0.39 is 11.6 Å². The van der Waals surface area contributed by atoms with Crippen LogP contribution in [0.15, 0.2) is 12.1 Å². The molecule has 1 saturated heterocycles. The molecule has 3 rings (SSSR count). The van der Waals surface area contributed by atoms with Gasteiger partial charge in [0.15, 0.2) is 11.6 Å². The molecule has 176 valence electrons. The van der Waals surface area contributed by atoms with Gasteiger partial charge in [-0.1, -0.05) is 102 Å². The van der Waals surface area contributed by atoms with Gasteiger partial charge in [-0.2, -0.15) is 0 Å². The largest absolute Gasteiger partial charge is 0.203 e. The van der Waals surface area contributed by atoms with Crippen molar-refractivity contribution in [2.45, 2.75) is 128 Å². The van der Waals surface area contributed by atoms with Crippen molar-refractivity contribution in [1.29, 1.82) is 0 Å². The predicted octanol–water partition coefficient (Wildman–Crippen LogP) is 9.19. The number of rotatable bonds is 11. The Morgan fingerprint density at radius 3 is 2.03 bits per heavy atom. The fraction of sp³-hybridized carbons (Fsp3) is 0.786. The Bertz CT molecular complexity index is 643. The van der Waals surface area contributed by atoms with Crippen molar-refractivity contribution < 1.29 is 8.78 Å². The lowest BCUT2D eigenvalue weighted by molar-refractivity contribution is 0.292. The van der Waals surface area contributed by atoms with Crippen LogP contribution in [0.5, 0.6) is 0 Å². The SMILES string of the molecule is CCCCC[SiH]1CCC(CCCCC2CCC(c3ccc(CC)c(F)c3F)CC2)CC1. The smallest absolute Gasteiger partial charge is 0.162 e. The van der Waals surface area contributed by atoms with E-state index in [0.717, 1.165) is 24.7 Å². The highest BCUT2D eigenvalue weighted by Crippen LogP contribution is 2.40. The van der Waals surface area contributed by atoms with Gasteiger partial charge in [0.1, 0.15) is 0 Å². The Morgan fingerprint density at radius 1 is 0.774 bits per heavy atom. The number of hydrogen-bond acceptors (Lipinski definition) is 0. The first-order valence-electron chi connectivity index (χ1n) is 13.6. The van der Waals surface area contributed by atoms with Crippen LogP contribution in [0.2, 0.25) is 18.1 Å². The molecule has 1 aromatic rings. The van der Waals surface area contributed by atoms with Crippen LogP contribution in [-0.4, -0.2) is 8.80 Å². The molecule has 0 radical (unpaired) electrons. The van der Waals surface area contributed by atoms with Gasteiger partial charge in [-0.15, -0.1) is 0 Å². The van der Waals surface area contributed by atoms with Crippen LogP contribution in [0.25, 0.3) is 0 Å². The zero-order chi connectivity index (χ0) is 22.1. The molecule has 0 aromatic heterocycles. The molecular formula is C28H46F2Si. The van der Waals surface area contributed by atoms with Gasteiger partial charge in [-0.05, 0) is 61.0 Å². The Balaban J connectivity index is 1.29. The molecule has 0 bridgehead atoms. The summed E-state index contributed by atoms with van der Waals surface area (Å²) in [5, 5.41) is 0. The van der Waals surface area contributed by atoms with E-state index in [9.17, 15) is 8.78 Å². The van der Waals surface area contributed by atoms with Crippen LogP contribution in [0.3, 0.4) is 0 Å². The molecule has 0 unspecified atom stereocenters. The number of benzene rings is 1. The van der Waals surface area contributed by atoms with Gasteiger partial charge in [0, 0.05) is 8.80 Å². The van der Waals surface area contributed by atoms with Gasteiger partial charge in [0.25, 0.3) is 0 Å². The first kappa shape index (κ1) is 24.9. The molecule has 1 heterocycles. The molecule has 0 spiro atoms. The standard InChI is InChI=1S/C28H46F2Si/c1-3-5-8-19-31-20-17-23(18-21-31)10-7-6-9-22-11-13-25(14-12-22)26-16-15-24(4-2)27(29)28(26)30/h15-16,22-23,25,31H,3-14,17-21H2,1-2H3. The van der Waals surface area contributed by atoms with Crippen molar-refractivity contribution in [2.24, 2.45) is 11.8 Å². The van der Waals surface area contributed by atoms with Gasteiger partial charge in [-0.25, -0.2) is 8.78 Å². The first-order valence-corrected chi connectivity index (χ1v) is 16.0. The molecule has 2 fully saturated rings. The van der Waals surface area contributed by atoms with Crippen molar-refractivity contribution in [1.82, 2.24) is 0 Å². The van der Waals surface area contributed by atoms with Gasteiger partial charge < -0.3 is 0 Å². The van der Waals surface area contributed by atoms with E-state index in [0.29, 0.717) is 17.5 Å². The van der Waals surface area contributed by atoms with Crippen molar-refractivity contribution in [3.05, 3.63) is 34.9 Å². The fourth-order valence-electron chi connectivity index (χ4n) is 6.31. The van der Waals surface area contributed by atoms with Gasteiger partial charge in [-0.3, -0.25) is 0 Å². The molecule has 1 saturated carbocycles. The molecule has 3 heteroatoms. The summed E-state index contributed by atoms with van der Waals surface area (Å²) in [5.41, 5.74) is 1.13. The fourth-order valence-corrected chi connectivity index (χ4v) is 9.93. The maximum absolute atomic E-state index is 14.5. The van der Waals surface area contributed by atoms with E-state index in [4.69, 9.17) is 0 Å². The second kappa shape index (κ2) is 13.1. The molecule has 31 heavy (non-hydrogen) atoms. The number of hydrogen-bond donors (Lipinski definition) is 0. The highest BCUT2D eigenvalue weighted by atomic mass is 28.3. The van der Waals surface area contributed by atoms with E-state index in [1.807, 2.05) is 13.0 Å². The minimum absolute atomic E-state index is 0.216. The minimum atomic E-state index is -0.611. The third-order valence-electron chi connectivity index (χ3n) is 8.52. The summed E-state index contributed by atoms with van der Waals surface area (Å²) in [6.07, 6.45) is 18.0. The molecule has 1 aliphatic carbocycles. The Labute approximate surface area is 192 Å². The predicted molar refractivity (Wildman–Crippen MR) is 133 cm³/mol. The van der Waals surface area contributed by atoms with E-state index in [1.54, 1.807) is 24.2 Å². The Kier molecular flexibility index (Phi) is 10.5. The molecule has 1 aromatic carbocycles. The summed E-state index contributed by atoms with van der Waals surface area (Å²) in [4.78, 5) is 0. The molecule has 2 aliphatic rings. The maximum Gasteiger partial charge on any atom is 0.162 e. The summed E-state index contributed by atoms with van der Waals surface area (Å²) in [7, 11) is -0.355. The average Bonchev–Trinajstić information content (AvgIpc) is 2.80. The van der Waals surface area contributed by atoms with E-state index in [2.05, 4.69) is 6.92 Å². The maximum atomic E-state index is 14.5. The van der Waals surface area contributed by atoms with Crippen molar-refractivity contribution in [2.75, 3.05) is 0 Å². The first-order chi connectivity index (χ1) is 15.1. The summed E-state index contributed by atoms with van der Waals surface area (Å²) in [6, 6.07) is 8.50. The zero-order valence-electron chi connectivity index (χ0n) is 20.2. The molecule has 0 N–H and O–H groups in total. The zero-order valence-corrected chi connectivity index (χ0v) is 21.4.